The quantitative estimate of drug-likeness (QED) is 0.572. The molecule has 2 fully saturated rings. The predicted molar refractivity (Wildman–Crippen MR) is 125 cm³/mol. The highest BCUT2D eigenvalue weighted by molar-refractivity contribution is 7.89. The number of nitrogens with zero attached hydrogens (tertiary/aromatic N) is 3. The number of benzene rings is 2. The van der Waals surface area contributed by atoms with Crippen LogP contribution in [0.15, 0.2) is 53.4 Å². The minimum atomic E-state index is -3.54. The average Bonchev–Trinajstić information content (AvgIpc) is 3.56. The molecule has 33 heavy (non-hydrogen) atoms. The number of carbonyl (C=O) groups is 1. The minimum Gasteiger partial charge on any atom is -0.322 e. The van der Waals surface area contributed by atoms with E-state index in [0.29, 0.717) is 42.0 Å². The van der Waals surface area contributed by atoms with Crippen LogP contribution in [-0.4, -0.2) is 46.9 Å². The van der Waals surface area contributed by atoms with Crippen LogP contribution in [0.25, 0.3) is 11.4 Å². The van der Waals surface area contributed by atoms with Crippen molar-refractivity contribution in [2.45, 2.75) is 43.4 Å². The monoisotopic (exact) mass is 465 g/mol. The Hall–Kier alpha value is -3.04. The van der Waals surface area contributed by atoms with Crippen LogP contribution in [0, 0.1) is 5.92 Å². The lowest BCUT2D eigenvalue weighted by atomic mass is 10.0. The maximum Gasteiger partial charge on any atom is 0.255 e. The summed E-state index contributed by atoms with van der Waals surface area (Å²) in [6.07, 6.45) is 4.02. The van der Waals surface area contributed by atoms with Gasteiger partial charge in [-0.3, -0.25) is 9.89 Å². The van der Waals surface area contributed by atoms with Crippen molar-refractivity contribution < 1.29 is 13.2 Å². The van der Waals surface area contributed by atoms with E-state index in [4.69, 9.17) is 0 Å². The highest BCUT2D eigenvalue weighted by Crippen LogP contribution is 2.38. The summed E-state index contributed by atoms with van der Waals surface area (Å²) in [4.78, 5) is 17.5. The van der Waals surface area contributed by atoms with E-state index in [2.05, 4.69) is 27.4 Å². The van der Waals surface area contributed by atoms with E-state index < -0.39 is 10.0 Å². The van der Waals surface area contributed by atoms with Crippen LogP contribution in [0.3, 0.4) is 0 Å². The van der Waals surface area contributed by atoms with Gasteiger partial charge in [0.1, 0.15) is 5.82 Å². The lowest BCUT2D eigenvalue weighted by molar-refractivity contribution is 0.102. The van der Waals surface area contributed by atoms with Crippen molar-refractivity contribution in [3.8, 4) is 11.4 Å². The first-order chi connectivity index (χ1) is 15.9. The summed E-state index contributed by atoms with van der Waals surface area (Å²) in [5.41, 5.74) is 1.82. The van der Waals surface area contributed by atoms with Crippen molar-refractivity contribution in [2.75, 3.05) is 18.4 Å². The normalized spacial score (nSPS) is 17.7. The second-order valence-corrected chi connectivity index (χ2v) is 10.9. The molecule has 5 rings (SSSR count). The second kappa shape index (κ2) is 8.72. The van der Waals surface area contributed by atoms with Crippen LogP contribution in [0.4, 0.5) is 5.69 Å². The van der Waals surface area contributed by atoms with E-state index in [-0.39, 0.29) is 10.8 Å². The summed E-state index contributed by atoms with van der Waals surface area (Å²) < 4.78 is 27.3. The number of hydrogen-bond acceptors (Lipinski definition) is 5. The van der Waals surface area contributed by atoms with Crippen molar-refractivity contribution in [1.82, 2.24) is 19.5 Å². The van der Waals surface area contributed by atoms with Gasteiger partial charge in [-0.1, -0.05) is 19.1 Å². The summed E-state index contributed by atoms with van der Waals surface area (Å²) in [5.74, 6) is 2.24. The number of hydrogen-bond donors (Lipinski definition) is 2. The average molecular weight is 466 g/mol. The first kappa shape index (κ1) is 21.8. The molecule has 1 aliphatic heterocycles. The third-order valence-corrected chi connectivity index (χ3v) is 8.26. The maximum atomic E-state index is 12.9. The molecule has 1 aliphatic carbocycles. The zero-order chi connectivity index (χ0) is 23.0. The minimum absolute atomic E-state index is 0.215. The molecule has 1 saturated carbocycles. The van der Waals surface area contributed by atoms with E-state index in [1.54, 1.807) is 18.2 Å². The lowest BCUT2D eigenvalue weighted by Crippen LogP contribution is -2.37. The van der Waals surface area contributed by atoms with Gasteiger partial charge in [-0.05, 0) is 68.0 Å². The Bertz CT molecular complexity index is 1260. The highest BCUT2D eigenvalue weighted by Gasteiger charge is 2.28. The zero-order valence-corrected chi connectivity index (χ0v) is 19.3. The Kier molecular flexibility index (Phi) is 5.76. The van der Waals surface area contributed by atoms with Crippen molar-refractivity contribution in [2.24, 2.45) is 5.92 Å². The molecule has 0 bridgehead atoms. The summed E-state index contributed by atoms with van der Waals surface area (Å²) in [6, 6.07) is 13.5. The van der Waals surface area contributed by atoms with E-state index in [1.807, 2.05) is 18.2 Å². The fourth-order valence-corrected chi connectivity index (χ4v) is 5.50. The molecule has 8 nitrogen and oxygen atoms in total. The summed E-state index contributed by atoms with van der Waals surface area (Å²) >= 11 is 0. The molecule has 0 radical (unpaired) electrons. The van der Waals surface area contributed by atoms with Gasteiger partial charge in [0.05, 0.1) is 4.90 Å². The van der Waals surface area contributed by atoms with Gasteiger partial charge in [0.15, 0.2) is 5.82 Å². The molecule has 2 aliphatic rings. The van der Waals surface area contributed by atoms with Gasteiger partial charge in [0.2, 0.25) is 10.0 Å². The number of carbonyl (C=O) groups excluding carboxylic acids is 1. The Morgan fingerprint density at radius 1 is 1.06 bits per heavy atom. The third-order valence-electron chi connectivity index (χ3n) is 6.34. The van der Waals surface area contributed by atoms with Crippen LogP contribution < -0.4 is 5.32 Å². The molecule has 0 spiro atoms. The van der Waals surface area contributed by atoms with Crippen LogP contribution in [-0.2, 0) is 10.0 Å². The Morgan fingerprint density at radius 2 is 1.79 bits per heavy atom. The summed E-state index contributed by atoms with van der Waals surface area (Å²) in [7, 11) is -3.54. The van der Waals surface area contributed by atoms with Crippen molar-refractivity contribution in [3.05, 3.63) is 59.9 Å². The standard InChI is InChI=1S/C24H27N5O3S/c1-16-11-13-29(14-12-16)33(31,32)21-9-7-18(8-10-21)24(30)25-20-4-2-3-19(15-20)23-26-22(27-28-23)17-5-6-17/h2-4,7-10,15-17H,5-6,11-14H2,1H3,(H,25,30)(H,26,27,28). The highest BCUT2D eigenvalue weighted by atomic mass is 32.2. The molecule has 0 atom stereocenters. The maximum absolute atomic E-state index is 12.9. The van der Waals surface area contributed by atoms with Crippen LogP contribution in [0.2, 0.25) is 0 Å². The van der Waals surface area contributed by atoms with Crippen LogP contribution in [0.1, 0.15) is 54.7 Å². The molecule has 9 heteroatoms. The fraction of sp³-hybridized carbons (Fsp3) is 0.375. The molecular weight excluding hydrogens is 438 g/mol. The van der Waals surface area contributed by atoms with Crippen molar-refractivity contribution >= 4 is 21.6 Å². The molecule has 1 amide bonds. The van der Waals surface area contributed by atoms with E-state index in [1.165, 1.54) is 16.4 Å². The van der Waals surface area contributed by atoms with E-state index >= 15 is 0 Å². The number of anilines is 1. The lowest BCUT2D eigenvalue weighted by Gasteiger charge is -2.29. The van der Waals surface area contributed by atoms with Gasteiger partial charge in [0.25, 0.3) is 5.91 Å². The number of aromatic amines is 1. The number of H-pyrrole nitrogens is 1. The molecule has 2 aromatic carbocycles. The second-order valence-electron chi connectivity index (χ2n) is 8.96. The Morgan fingerprint density at radius 3 is 2.48 bits per heavy atom. The van der Waals surface area contributed by atoms with Crippen molar-refractivity contribution in [3.63, 3.8) is 0 Å². The Labute approximate surface area is 193 Å². The number of sulfonamides is 1. The number of amides is 1. The molecule has 3 aromatic rings. The van der Waals surface area contributed by atoms with Gasteiger partial charge in [0, 0.05) is 35.8 Å². The van der Waals surface area contributed by atoms with Crippen LogP contribution in [0.5, 0.6) is 0 Å². The van der Waals surface area contributed by atoms with E-state index in [0.717, 1.165) is 37.1 Å². The molecule has 172 valence electrons. The Balaban J connectivity index is 1.27. The van der Waals surface area contributed by atoms with Gasteiger partial charge in [-0.15, -0.1) is 0 Å². The molecule has 2 heterocycles. The van der Waals surface area contributed by atoms with Gasteiger partial charge in [-0.25, -0.2) is 13.4 Å². The molecular formula is C24H27N5O3S. The summed E-state index contributed by atoms with van der Waals surface area (Å²) in [5, 5.41) is 10.2. The van der Waals surface area contributed by atoms with Gasteiger partial charge >= 0.3 is 0 Å². The summed E-state index contributed by atoms with van der Waals surface area (Å²) in [6.45, 7) is 3.22. The van der Waals surface area contributed by atoms with Crippen LogP contribution >= 0.6 is 0 Å². The number of nitrogens with one attached hydrogen (secondary N) is 2. The number of piperidine rings is 1. The first-order valence-electron chi connectivity index (χ1n) is 11.3. The van der Waals surface area contributed by atoms with E-state index in [9.17, 15) is 13.2 Å². The molecule has 1 saturated heterocycles. The van der Waals surface area contributed by atoms with Crippen molar-refractivity contribution in [1.29, 1.82) is 0 Å². The van der Waals surface area contributed by atoms with Gasteiger partial charge in [-0.2, -0.15) is 9.40 Å². The predicted octanol–water partition coefficient (Wildman–Crippen LogP) is 4.02. The topological polar surface area (TPSA) is 108 Å². The smallest absolute Gasteiger partial charge is 0.255 e. The first-order valence-corrected chi connectivity index (χ1v) is 12.8. The molecule has 2 N–H and O–H groups in total. The third kappa shape index (κ3) is 4.69. The molecule has 1 aromatic heterocycles. The molecule has 0 unspecified atom stereocenters. The SMILES string of the molecule is CC1CCN(S(=O)(=O)c2ccc(C(=O)Nc3cccc(-c4n[nH]c(C5CC5)n4)c3)cc2)CC1. The zero-order valence-electron chi connectivity index (χ0n) is 18.5. The number of rotatable bonds is 6. The number of aromatic nitrogens is 3. The largest absolute Gasteiger partial charge is 0.322 e. The fourth-order valence-electron chi connectivity index (χ4n) is 4.03. The van der Waals surface area contributed by atoms with Gasteiger partial charge < -0.3 is 5.32 Å².